The lowest BCUT2D eigenvalue weighted by molar-refractivity contribution is 0.620. The lowest BCUT2D eigenvalue weighted by atomic mass is 10.2. The zero-order valence-corrected chi connectivity index (χ0v) is 15.4. The summed E-state index contributed by atoms with van der Waals surface area (Å²) in [7, 11) is 0. The third kappa shape index (κ3) is 3.81. The summed E-state index contributed by atoms with van der Waals surface area (Å²) in [4.78, 5) is 9.02. The Balaban J connectivity index is 1.54. The van der Waals surface area contributed by atoms with Crippen LogP contribution in [0.5, 0.6) is 0 Å². The van der Waals surface area contributed by atoms with Crippen LogP contribution < -0.4 is 0 Å². The quantitative estimate of drug-likeness (QED) is 0.357. The van der Waals surface area contributed by atoms with E-state index in [1.165, 1.54) is 0 Å². The Bertz CT molecular complexity index is 1080. The first kappa shape index (κ1) is 16.5. The van der Waals surface area contributed by atoms with Crippen LogP contribution in [0.4, 0.5) is 5.69 Å². The molecule has 0 radical (unpaired) electrons. The highest BCUT2D eigenvalue weighted by Gasteiger charge is 2.07. The number of halogens is 1. The number of nitrogens with zero attached hydrogens (tertiary/aromatic N) is 2. The number of allylic oxidation sites excluding steroid dienone is 1. The molecule has 0 unspecified atom stereocenters. The molecule has 1 heterocycles. The van der Waals surface area contributed by atoms with Crippen molar-refractivity contribution in [3.8, 4) is 11.5 Å². The fourth-order valence-corrected chi connectivity index (χ4v) is 3.03. The first-order valence-corrected chi connectivity index (χ1v) is 8.99. The van der Waals surface area contributed by atoms with E-state index in [1.54, 1.807) is 6.21 Å². The van der Waals surface area contributed by atoms with Crippen LogP contribution in [-0.2, 0) is 0 Å². The zero-order valence-electron chi connectivity index (χ0n) is 13.8. The monoisotopic (exact) mass is 402 g/mol. The smallest absolute Gasteiger partial charge is 0.227 e. The van der Waals surface area contributed by atoms with Crippen molar-refractivity contribution in [2.24, 2.45) is 4.99 Å². The predicted octanol–water partition coefficient (Wildman–Crippen LogP) is 6.67. The average Bonchev–Trinajstić information content (AvgIpc) is 3.10. The summed E-state index contributed by atoms with van der Waals surface area (Å²) < 4.78 is 6.88. The predicted molar refractivity (Wildman–Crippen MR) is 111 cm³/mol. The molecule has 0 aliphatic rings. The van der Waals surface area contributed by atoms with Gasteiger partial charge in [-0.05, 0) is 54.1 Å². The fourth-order valence-electron chi connectivity index (χ4n) is 2.61. The highest BCUT2D eigenvalue weighted by molar-refractivity contribution is 9.10. The Hall–Kier alpha value is -2.98. The number of hydrogen-bond donors (Lipinski definition) is 0. The van der Waals surface area contributed by atoms with Gasteiger partial charge in [0.2, 0.25) is 5.89 Å². The number of aromatic nitrogens is 1. The van der Waals surface area contributed by atoms with Gasteiger partial charge in [0, 0.05) is 16.3 Å². The second-order valence-electron chi connectivity index (χ2n) is 5.73. The first-order chi connectivity index (χ1) is 12.8. The zero-order chi connectivity index (χ0) is 17.8. The third-order valence-electron chi connectivity index (χ3n) is 3.83. The number of oxazole rings is 1. The van der Waals surface area contributed by atoms with Crippen LogP contribution in [-0.4, -0.2) is 11.2 Å². The molecule has 4 heteroatoms. The molecule has 4 rings (SSSR count). The Labute approximate surface area is 159 Å². The van der Waals surface area contributed by atoms with Crippen molar-refractivity contribution in [3.05, 3.63) is 88.9 Å². The second-order valence-corrected chi connectivity index (χ2v) is 6.65. The van der Waals surface area contributed by atoms with Crippen molar-refractivity contribution in [2.75, 3.05) is 0 Å². The van der Waals surface area contributed by atoms with Gasteiger partial charge in [-0.1, -0.05) is 52.3 Å². The normalized spacial score (nSPS) is 11.7. The Morgan fingerprint density at radius 3 is 2.69 bits per heavy atom. The number of benzene rings is 3. The van der Waals surface area contributed by atoms with Gasteiger partial charge in [0.25, 0.3) is 0 Å². The third-order valence-corrected chi connectivity index (χ3v) is 4.33. The molecule has 0 saturated carbocycles. The van der Waals surface area contributed by atoms with Gasteiger partial charge in [0.15, 0.2) is 5.58 Å². The van der Waals surface area contributed by atoms with Gasteiger partial charge in [0.1, 0.15) is 5.52 Å². The van der Waals surface area contributed by atoms with Crippen molar-refractivity contribution in [3.63, 3.8) is 0 Å². The Morgan fingerprint density at radius 1 is 0.923 bits per heavy atom. The first-order valence-electron chi connectivity index (χ1n) is 8.20. The van der Waals surface area contributed by atoms with Gasteiger partial charge in [0.05, 0.1) is 5.69 Å². The molecule has 126 valence electrons. The Kier molecular flexibility index (Phi) is 4.75. The van der Waals surface area contributed by atoms with Crippen LogP contribution in [0.3, 0.4) is 0 Å². The van der Waals surface area contributed by atoms with E-state index >= 15 is 0 Å². The minimum Gasteiger partial charge on any atom is -0.436 e. The van der Waals surface area contributed by atoms with Crippen LogP contribution >= 0.6 is 15.9 Å². The lowest BCUT2D eigenvalue weighted by Crippen LogP contribution is -1.77. The summed E-state index contributed by atoms with van der Waals surface area (Å²) in [6.45, 7) is 0. The molecule has 3 aromatic carbocycles. The molecule has 4 aromatic rings. The number of hydrogen-bond acceptors (Lipinski definition) is 3. The van der Waals surface area contributed by atoms with E-state index in [9.17, 15) is 0 Å². The topological polar surface area (TPSA) is 38.4 Å². The molecule has 1 aromatic heterocycles. The minimum atomic E-state index is 0.605. The number of rotatable bonds is 4. The summed E-state index contributed by atoms with van der Waals surface area (Å²) in [5.74, 6) is 0.605. The van der Waals surface area contributed by atoms with Crippen LogP contribution in [0.15, 0.2) is 92.8 Å². The molecule has 3 nitrogen and oxygen atoms in total. The molecule has 0 aliphatic carbocycles. The van der Waals surface area contributed by atoms with Crippen LogP contribution in [0, 0.1) is 0 Å². The molecule has 0 atom stereocenters. The van der Waals surface area contributed by atoms with Crippen molar-refractivity contribution in [1.29, 1.82) is 0 Å². The van der Waals surface area contributed by atoms with Crippen LogP contribution in [0.25, 0.3) is 28.6 Å². The number of aliphatic imine (C=N–C) groups is 1. The fraction of sp³-hybridized carbons (Fsp3) is 0. The van der Waals surface area contributed by atoms with E-state index in [0.29, 0.717) is 5.89 Å². The highest BCUT2D eigenvalue weighted by atomic mass is 79.9. The van der Waals surface area contributed by atoms with Crippen LogP contribution in [0.2, 0.25) is 0 Å². The van der Waals surface area contributed by atoms with Crippen LogP contribution in [0.1, 0.15) is 5.56 Å². The largest absolute Gasteiger partial charge is 0.436 e. The van der Waals surface area contributed by atoms with Gasteiger partial charge in [-0.25, -0.2) is 4.98 Å². The molecule has 0 bridgehead atoms. The molecular formula is C22H15BrN2O. The maximum absolute atomic E-state index is 5.82. The standard InChI is InChI=1S/C22H15BrN2O/c23-18-9-3-6-16(14-18)7-5-13-24-19-10-4-8-17(15-19)22-25-20-11-1-2-12-21(20)26-22/h1-15H. The SMILES string of the molecule is Brc1cccc(C=CC=Nc2cccc(-c3nc4ccccc4o3)c2)c1. The minimum absolute atomic E-state index is 0.605. The van der Waals surface area contributed by atoms with Crippen molar-refractivity contribution in [1.82, 2.24) is 4.98 Å². The van der Waals surface area contributed by atoms with Gasteiger partial charge in [-0.2, -0.15) is 0 Å². The summed E-state index contributed by atoms with van der Waals surface area (Å²) in [5.41, 5.74) is 4.52. The van der Waals surface area contributed by atoms with Crippen molar-refractivity contribution < 1.29 is 4.42 Å². The number of fused-ring (bicyclic) bond motifs is 1. The Morgan fingerprint density at radius 2 is 1.81 bits per heavy atom. The lowest BCUT2D eigenvalue weighted by Gasteiger charge is -1.97. The molecule has 0 N–H and O–H groups in total. The number of para-hydroxylation sites is 2. The molecular weight excluding hydrogens is 388 g/mol. The molecule has 0 amide bonds. The van der Waals surface area contributed by atoms with Gasteiger partial charge in [-0.15, -0.1) is 0 Å². The van der Waals surface area contributed by atoms with E-state index in [0.717, 1.165) is 32.4 Å². The summed E-state index contributed by atoms with van der Waals surface area (Å²) in [5, 5.41) is 0. The van der Waals surface area contributed by atoms with Gasteiger partial charge < -0.3 is 4.42 Å². The molecule has 0 aliphatic heterocycles. The average molecular weight is 403 g/mol. The van der Waals surface area contributed by atoms with E-state index in [4.69, 9.17) is 4.42 Å². The van der Waals surface area contributed by atoms with E-state index in [-0.39, 0.29) is 0 Å². The van der Waals surface area contributed by atoms with Gasteiger partial charge in [-0.3, -0.25) is 4.99 Å². The van der Waals surface area contributed by atoms with Gasteiger partial charge >= 0.3 is 0 Å². The summed E-state index contributed by atoms with van der Waals surface area (Å²) in [6, 6.07) is 23.7. The summed E-state index contributed by atoms with van der Waals surface area (Å²) in [6.07, 6.45) is 5.72. The van der Waals surface area contributed by atoms with E-state index in [1.807, 2.05) is 78.9 Å². The molecule has 26 heavy (non-hydrogen) atoms. The maximum atomic E-state index is 5.82. The highest BCUT2D eigenvalue weighted by Crippen LogP contribution is 2.26. The summed E-state index contributed by atoms with van der Waals surface area (Å²) >= 11 is 3.47. The molecule has 0 saturated heterocycles. The molecule has 0 fully saturated rings. The maximum Gasteiger partial charge on any atom is 0.227 e. The molecule has 0 spiro atoms. The van der Waals surface area contributed by atoms with Crippen molar-refractivity contribution >= 4 is 45.0 Å². The van der Waals surface area contributed by atoms with Crippen molar-refractivity contribution in [2.45, 2.75) is 0 Å². The second kappa shape index (κ2) is 7.50. The van der Waals surface area contributed by atoms with E-state index in [2.05, 4.69) is 32.0 Å². The van der Waals surface area contributed by atoms with E-state index < -0.39 is 0 Å².